The van der Waals surface area contributed by atoms with Crippen LogP contribution in [-0.4, -0.2) is 19.9 Å². The maximum absolute atomic E-state index is 5.03. The molecular weight excluding hydrogens is 512 g/mol. The molecule has 0 radical (unpaired) electrons. The zero-order valence-corrected chi connectivity index (χ0v) is 22.6. The molecule has 0 saturated carbocycles. The maximum Gasteiger partial charge on any atom is 0.164 e. The fourth-order valence-electron chi connectivity index (χ4n) is 5.56. The van der Waals surface area contributed by atoms with Crippen LogP contribution in [0.1, 0.15) is 0 Å². The lowest BCUT2D eigenvalue weighted by molar-refractivity contribution is 1.08. The molecule has 0 fully saturated rings. The maximum atomic E-state index is 5.03. The van der Waals surface area contributed by atoms with Crippen LogP contribution < -0.4 is 0 Å². The summed E-state index contributed by atoms with van der Waals surface area (Å²) in [5.41, 5.74) is 5.98. The number of pyridine rings is 1. The summed E-state index contributed by atoms with van der Waals surface area (Å²) >= 11 is 0. The predicted molar refractivity (Wildman–Crippen MR) is 172 cm³/mol. The van der Waals surface area contributed by atoms with Crippen molar-refractivity contribution in [1.29, 1.82) is 0 Å². The first-order chi connectivity index (χ1) is 20.8. The first kappa shape index (κ1) is 24.1. The Labute approximate surface area is 243 Å². The third-order valence-electron chi connectivity index (χ3n) is 7.72. The van der Waals surface area contributed by atoms with Crippen LogP contribution in [0.4, 0.5) is 0 Å². The molecule has 0 aliphatic heterocycles. The second-order valence-corrected chi connectivity index (χ2v) is 10.4. The van der Waals surface area contributed by atoms with E-state index < -0.39 is 0 Å². The van der Waals surface area contributed by atoms with Gasteiger partial charge in [0.25, 0.3) is 0 Å². The Morgan fingerprint density at radius 1 is 0.357 bits per heavy atom. The summed E-state index contributed by atoms with van der Waals surface area (Å²) < 4.78 is 0. The van der Waals surface area contributed by atoms with Crippen molar-refractivity contribution in [2.45, 2.75) is 0 Å². The second-order valence-electron chi connectivity index (χ2n) is 10.4. The number of hydrogen-bond donors (Lipinski definition) is 0. The highest BCUT2D eigenvalue weighted by Gasteiger charge is 2.15. The zero-order chi connectivity index (χ0) is 27.9. The van der Waals surface area contributed by atoms with Crippen molar-refractivity contribution < 1.29 is 0 Å². The molecule has 6 aromatic carbocycles. The predicted octanol–water partition coefficient (Wildman–Crippen LogP) is 9.39. The molecule has 0 atom stereocenters. The van der Waals surface area contributed by atoms with Crippen LogP contribution in [-0.2, 0) is 0 Å². The smallest absolute Gasteiger partial charge is 0.164 e. The summed E-state index contributed by atoms with van der Waals surface area (Å²) in [6.07, 6.45) is 1.95. The average molecular weight is 537 g/mol. The van der Waals surface area contributed by atoms with Gasteiger partial charge in [-0.15, -0.1) is 0 Å². The Balaban J connectivity index is 1.28. The quantitative estimate of drug-likeness (QED) is 0.225. The summed E-state index contributed by atoms with van der Waals surface area (Å²) in [6.45, 7) is 0. The largest absolute Gasteiger partial charge is 0.256 e. The van der Waals surface area contributed by atoms with Crippen molar-refractivity contribution in [2.75, 3.05) is 0 Å². The second kappa shape index (κ2) is 10.0. The molecule has 42 heavy (non-hydrogen) atoms. The van der Waals surface area contributed by atoms with E-state index in [-0.39, 0.29) is 0 Å². The lowest BCUT2D eigenvalue weighted by atomic mass is 10.0. The molecule has 0 bridgehead atoms. The highest BCUT2D eigenvalue weighted by Crippen LogP contribution is 2.32. The minimum Gasteiger partial charge on any atom is -0.256 e. The standard InChI is InChI=1S/C38H24N4/c1-2-11-27(12-3-1)36-40-37(42-38(41-36)34-16-8-14-26-10-6-7-15-33(26)34)30-19-20-35-31(22-30)23-32(24-39-35)29-18-17-25-9-4-5-13-28(25)21-29/h1-24H. The summed E-state index contributed by atoms with van der Waals surface area (Å²) in [5, 5.41) is 5.73. The minimum atomic E-state index is 0.629. The molecule has 0 saturated heterocycles. The monoisotopic (exact) mass is 536 g/mol. The van der Waals surface area contributed by atoms with Crippen LogP contribution in [0.15, 0.2) is 146 Å². The van der Waals surface area contributed by atoms with E-state index in [1.54, 1.807) is 0 Å². The minimum absolute atomic E-state index is 0.629. The molecule has 4 nitrogen and oxygen atoms in total. The molecule has 0 aliphatic carbocycles. The number of hydrogen-bond acceptors (Lipinski definition) is 4. The zero-order valence-electron chi connectivity index (χ0n) is 22.6. The van der Waals surface area contributed by atoms with Gasteiger partial charge < -0.3 is 0 Å². The molecule has 196 valence electrons. The van der Waals surface area contributed by atoms with E-state index in [2.05, 4.69) is 97.1 Å². The SMILES string of the molecule is c1ccc(-c2nc(-c3ccc4ncc(-c5ccc6ccccc6c5)cc4c3)nc(-c3cccc4ccccc34)n2)cc1. The van der Waals surface area contributed by atoms with Gasteiger partial charge in [-0.3, -0.25) is 4.98 Å². The molecule has 4 heteroatoms. The Bertz CT molecular complexity index is 2250. The van der Waals surface area contributed by atoms with E-state index in [0.29, 0.717) is 17.5 Å². The van der Waals surface area contributed by atoms with Crippen molar-refractivity contribution in [1.82, 2.24) is 19.9 Å². The van der Waals surface area contributed by atoms with Crippen molar-refractivity contribution in [3.63, 3.8) is 0 Å². The Hall–Kier alpha value is -5.74. The molecule has 0 unspecified atom stereocenters. The molecule has 0 aliphatic rings. The summed E-state index contributed by atoms with van der Waals surface area (Å²) in [7, 11) is 0. The highest BCUT2D eigenvalue weighted by molar-refractivity contribution is 5.96. The van der Waals surface area contributed by atoms with Gasteiger partial charge in [0.15, 0.2) is 17.5 Å². The van der Waals surface area contributed by atoms with E-state index in [1.165, 1.54) is 10.8 Å². The number of benzene rings is 6. The first-order valence-electron chi connectivity index (χ1n) is 14.0. The van der Waals surface area contributed by atoms with E-state index in [9.17, 15) is 0 Å². The lowest BCUT2D eigenvalue weighted by Crippen LogP contribution is -2.00. The van der Waals surface area contributed by atoms with Crippen molar-refractivity contribution >= 4 is 32.4 Å². The topological polar surface area (TPSA) is 51.6 Å². The number of rotatable bonds is 4. The Kier molecular flexibility index (Phi) is 5.75. The average Bonchev–Trinajstić information content (AvgIpc) is 3.07. The number of aromatic nitrogens is 4. The molecule has 2 aromatic heterocycles. The third kappa shape index (κ3) is 4.36. The molecule has 2 heterocycles. The van der Waals surface area contributed by atoms with Gasteiger partial charge in [0.1, 0.15) is 0 Å². The number of nitrogens with zero attached hydrogens (tertiary/aromatic N) is 4. The van der Waals surface area contributed by atoms with E-state index in [4.69, 9.17) is 19.9 Å². The molecule has 0 spiro atoms. The molecule has 8 rings (SSSR count). The molecular formula is C38H24N4. The van der Waals surface area contributed by atoms with Crippen LogP contribution in [0.3, 0.4) is 0 Å². The van der Waals surface area contributed by atoms with E-state index in [0.717, 1.165) is 49.5 Å². The van der Waals surface area contributed by atoms with Gasteiger partial charge in [-0.25, -0.2) is 15.0 Å². The molecule has 0 amide bonds. The van der Waals surface area contributed by atoms with Gasteiger partial charge >= 0.3 is 0 Å². The van der Waals surface area contributed by atoms with Crippen molar-refractivity contribution in [3.8, 4) is 45.3 Å². The summed E-state index contributed by atoms with van der Waals surface area (Å²) in [5.74, 6) is 1.93. The lowest BCUT2D eigenvalue weighted by Gasteiger charge is -2.11. The fraction of sp³-hybridized carbons (Fsp3) is 0. The van der Waals surface area contributed by atoms with E-state index in [1.807, 2.05) is 48.7 Å². The van der Waals surface area contributed by atoms with Crippen LogP contribution in [0, 0.1) is 0 Å². The van der Waals surface area contributed by atoms with Crippen LogP contribution in [0.5, 0.6) is 0 Å². The first-order valence-corrected chi connectivity index (χ1v) is 14.0. The number of fused-ring (bicyclic) bond motifs is 3. The highest BCUT2D eigenvalue weighted by atomic mass is 15.0. The van der Waals surface area contributed by atoms with Gasteiger partial charge in [-0.05, 0) is 57.4 Å². The van der Waals surface area contributed by atoms with Crippen LogP contribution >= 0.6 is 0 Å². The van der Waals surface area contributed by atoms with Crippen LogP contribution in [0.25, 0.3) is 77.7 Å². The summed E-state index contributed by atoms with van der Waals surface area (Å²) in [4.78, 5) is 19.7. The van der Waals surface area contributed by atoms with Gasteiger partial charge in [0.2, 0.25) is 0 Å². The van der Waals surface area contributed by atoms with Crippen LogP contribution in [0.2, 0.25) is 0 Å². The summed E-state index contributed by atoms with van der Waals surface area (Å²) in [6, 6.07) is 48.0. The fourth-order valence-corrected chi connectivity index (χ4v) is 5.56. The van der Waals surface area contributed by atoms with Crippen molar-refractivity contribution in [2.24, 2.45) is 0 Å². The van der Waals surface area contributed by atoms with Gasteiger partial charge in [-0.1, -0.05) is 109 Å². The van der Waals surface area contributed by atoms with Gasteiger partial charge in [0, 0.05) is 33.8 Å². The van der Waals surface area contributed by atoms with Gasteiger partial charge in [0.05, 0.1) is 5.52 Å². The molecule has 8 aromatic rings. The Morgan fingerprint density at radius 3 is 1.88 bits per heavy atom. The third-order valence-corrected chi connectivity index (χ3v) is 7.72. The normalized spacial score (nSPS) is 11.3. The van der Waals surface area contributed by atoms with Crippen molar-refractivity contribution in [3.05, 3.63) is 146 Å². The Morgan fingerprint density at radius 2 is 1.00 bits per heavy atom. The van der Waals surface area contributed by atoms with Gasteiger partial charge in [-0.2, -0.15) is 0 Å². The van der Waals surface area contributed by atoms with E-state index >= 15 is 0 Å². The molecule has 0 N–H and O–H groups in total.